The van der Waals surface area contributed by atoms with Crippen LogP contribution in [0.1, 0.15) is 109 Å². The fraction of sp³-hybridized carbons (Fsp3) is 0.0916. The van der Waals surface area contributed by atoms with Gasteiger partial charge in [0.1, 0.15) is 5.82 Å². The minimum atomic E-state index is -0.125. The third kappa shape index (κ3) is 21.9. The van der Waals surface area contributed by atoms with Gasteiger partial charge in [-0.3, -0.25) is 9.78 Å². The Morgan fingerprint density at radius 3 is 1.39 bits per heavy atom. The molecule has 725 valence electrons. The molecule has 0 amide bonds. The summed E-state index contributed by atoms with van der Waals surface area (Å²) in [5, 5.41) is 12.2. The number of aryl methyl sites for hydroxylation is 2. The van der Waals surface area contributed by atoms with Crippen LogP contribution < -0.4 is 4.90 Å². The maximum absolute atomic E-state index is 10.0. The molecule has 9 heterocycles. The van der Waals surface area contributed by atoms with Crippen LogP contribution in [0.25, 0.3) is 162 Å². The number of fused-ring (bicyclic) bond motifs is 8. The molecule has 2 aliphatic carbocycles. The first-order valence-corrected chi connectivity index (χ1v) is 48.1. The summed E-state index contributed by atoms with van der Waals surface area (Å²) in [6.45, 7) is 16.3. The van der Waals surface area contributed by atoms with Crippen molar-refractivity contribution in [3.05, 3.63) is 517 Å². The van der Waals surface area contributed by atoms with Gasteiger partial charge >= 0.3 is 21.1 Å². The summed E-state index contributed by atoms with van der Waals surface area (Å²) in [5.41, 5.74) is 41.2. The molecule has 7 aromatic heterocycles. The van der Waals surface area contributed by atoms with Crippen molar-refractivity contribution in [2.75, 3.05) is 4.90 Å². The van der Waals surface area contributed by atoms with Crippen LogP contribution in [0.3, 0.4) is 0 Å². The number of carbonyl (C=O) groups is 1. The third-order valence-corrected chi connectivity index (χ3v) is 26.7. The van der Waals surface area contributed by atoms with Crippen LogP contribution in [0.15, 0.2) is 419 Å². The molecule has 4 aliphatic rings. The molecule has 0 spiro atoms. The number of benzene rings is 15. The van der Waals surface area contributed by atoms with Gasteiger partial charge in [0.25, 0.3) is 0 Å². The second-order valence-corrected chi connectivity index (χ2v) is 36.7. The SMILES string of the molecule is CC(=O)C=C(C)O.CC1(C)c2ccccc2-c2c[c-]c(-c3ccc4ccccc4n3)cc21.CC1c2cc(N(c3[c-]c(-c4ccccn4)ccc3)c3[c-]c(-c4ccccn4)ccc3)cc3c2-n2c4c1cccc4c1cccc(c12)C3C.Cc1ccc(-c2nc(-c3c[c-]c(-c4[c-]cccc4)cc3)nc(-c3ccc(C)cc3)n2)cc1.[Ir].[Ir].[Ir].[Pt+2].[c-]1ccccc1-c1cc2c(cn1)-c1ccccc1C2.[c-]1ccccc1-c1ccccn1. The van der Waals surface area contributed by atoms with E-state index in [1.165, 1.54) is 131 Å². The number of para-hydroxylation sites is 3. The minimum absolute atomic E-state index is 0. The first-order chi connectivity index (χ1) is 70.0. The Balaban J connectivity index is 0.000000130. The van der Waals surface area contributed by atoms with Gasteiger partial charge in [-0.2, -0.15) is 36.4 Å². The summed E-state index contributed by atoms with van der Waals surface area (Å²) in [7, 11) is 0. The van der Waals surface area contributed by atoms with Gasteiger partial charge in [-0.05, 0) is 166 Å². The number of ketones is 1. The quantitative estimate of drug-likeness (QED) is 0.0668. The van der Waals surface area contributed by atoms with Gasteiger partial charge in [-0.15, -0.1) is 179 Å². The van der Waals surface area contributed by atoms with E-state index in [-0.39, 0.29) is 110 Å². The molecular weight excluding hydrogens is 2520 g/mol. The molecule has 12 nitrogen and oxygen atoms in total. The van der Waals surface area contributed by atoms with E-state index < -0.39 is 0 Å². The van der Waals surface area contributed by atoms with Crippen molar-refractivity contribution in [2.45, 2.75) is 79.1 Å². The van der Waals surface area contributed by atoms with Crippen molar-refractivity contribution in [1.29, 1.82) is 0 Å². The Morgan fingerprint density at radius 1 is 0.388 bits per heavy atom. The number of allylic oxidation sites excluding steroid dienone is 2. The number of aliphatic hydroxyl groups is 1. The number of hydrogen-bond donors (Lipinski definition) is 1. The number of nitrogens with zero attached hydrogens (tertiary/aromatic N) is 10. The number of carbonyl (C=O) groups excluding carboxylic acids is 1. The van der Waals surface area contributed by atoms with Crippen molar-refractivity contribution in [2.24, 2.45) is 0 Å². The van der Waals surface area contributed by atoms with Gasteiger partial charge in [0, 0.05) is 136 Å². The fourth-order valence-electron chi connectivity index (χ4n) is 19.6. The van der Waals surface area contributed by atoms with E-state index in [9.17, 15) is 4.79 Å². The second-order valence-electron chi connectivity index (χ2n) is 36.7. The van der Waals surface area contributed by atoms with Crippen molar-refractivity contribution in [3.63, 3.8) is 0 Å². The first-order valence-electron chi connectivity index (χ1n) is 48.1. The smallest absolute Gasteiger partial charge is 0.512 e. The van der Waals surface area contributed by atoms with E-state index in [1.54, 1.807) is 6.20 Å². The fourth-order valence-corrected chi connectivity index (χ4v) is 19.6. The van der Waals surface area contributed by atoms with E-state index in [1.807, 2.05) is 195 Å². The summed E-state index contributed by atoms with van der Waals surface area (Å²) in [6.07, 6.45) is 9.63. The molecule has 2 aliphatic heterocycles. The molecular formula is C131H97Ir3N10O2Pt-5. The topological polar surface area (TPSA) is 149 Å². The Hall–Kier alpha value is -15.2. The molecule has 2 atom stereocenters. The number of anilines is 3. The van der Waals surface area contributed by atoms with E-state index in [0.717, 1.165) is 113 Å². The van der Waals surface area contributed by atoms with Gasteiger partial charge < -0.3 is 34.5 Å². The van der Waals surface area contributed by atoms with Crippen LogP contribution in [-0.2, 0) is 98.0 Å². The van der Waals surface area contributed by atoms with Gasteiger partial charge in [-0.1, -0.05) is 262 Å². The molecule has 3 radical (unpaired) electrons. The van der Waals surface area contributed by atoms with E-state index in [2.05, 4.69) is 320 Å². The molecule has 147 heavy (non-hydrogen) atoms. The first kappa shape index (κ1) is 103. The summed E-state index contributed by atoms with van der Waals surface area (Å²) in [4.78, 5) is 49.6. The Bertz CT molecular complexity index is 8220. The summed E-state index contributed by atoms with van der Waals surface area (Å²) in [5.74, 6) is 2.33. The third-order valence-electron chi connectivity index (χ3n) is 26.7. The molecule has 2 unspecified atom stereocenters. The number of pyridine rings is 5. The monoisotopic (exact) mass is 2620 g/mol. The predicted molar refractivity (Wildman–Crippen MR) is 579 cm³/mol. The predicted octanol–water partition coefficient (Wildman–Crippen LogP) is 31.4. The van der Waals surface area contributed by atoms with Crippen LogP contribution in [0, 0.1) is 56.3 Å². The van der Waals surface area contributed by atoms with Crippen LogP contribution in [0.5, 0.6) is 0 Å². The molecule has 26 rings (SSSR count). The average Bonchev–Trinajstić information content (AvgIpc) is 1.53. The number of hydrogen-bond acceptors (Lipinski definition) is 11. The van der Waals surface area contributed by atoms with Crippen LogP contribution in [-0.4, -0.2) is 55.3 Å². The van der Waals surface area contributed by atoms with E-state index in [4.69, 9.17) is 25.0 Å². The zero-order chi connectivity index (χ0) is 97.6. The van der Waals surface area contributed by atoms with Crippen molar-refractivity contribution >= 4 is 55.6 Å². The van der Waals surface area contributed by atoms with Gasteiger partial charge in [0.2, 0.25) is 0 Å². The van der Waals surface area contributed by atoms with Gasteiger partial charge in [0.15, 0.2) is 17.4 Å². The zero-order valence-electron chi connectivity index (χ0n) is 81.8. The standard InChI is InChI=1S/C44H30N4.C29H21N3.C24H18N.C18H12N.C11H8N.C5H8O2.3Ir.Pt/c1-27-34-15-9-17-36-37-18-10-16-35-28(2)39-26-33(25-38(27)44(39)48(42(34)36)43(35)37)47(31-13-7-11-29(23-31)40-19-3-5-21-45-40)32-14-8-12-30(24-32)41-20-4-6-22-46-41;1-20-8-12-24(13-9-20)27-30-28(25-14-10-21(2)11-15-25)32-29(31-27)26-18-16-23(17-19-26)22-6-4-3-5-7-22;1-24(2)20-9-5-4-8-18(20)19-13-11-17(15-21(19)24)23-14-12-16-7-3-6-10-22(16)25-23;1-2-6-13(7-3-1)18-11-15-10-14-8-4-5-9-16(14)17(15)12-19-18;1-2-6-10(7-3-1)11-8-4-5-9-12-11;1-4(6)3-5(2)7;;;;/h3-22,25-28H,1-2H3;3-6,8-16,18-19H,1-2H3;3-10,12-15H,1-2H3;1-6,8-9,11-12H,10H2;1-6,8-9H;3,6H,1-2H3;;;;/q2*-2;3*-1;;;;;+2. The van der Waals surface area contributed by atoms with Crippen molar-refractivity contribution in [1.82, 2.24) is 44.4 Å². The molecule has 0 fully saturated rings. The van der Waals surface area contributed by atoms with Gasteiger partial charge in [0.05, 0.1) is 28.0 Å². The van der Waals surface area contributed by atoms with Crippen LogP contribution in [0.2, 0.25) is 0 Å². The number of rotatable bonds is 13. The molecule has 1 N–H and O–H groups in total. The number of aliphatic hydroxyl groups excluding tert-OH is 1. The molecule has 0 saturated heterocycles. The van der Waals surface area contributed by atoms with Crippen LogP contribution in [0.4, 0.5) is 17.1 Å². The molecule has 16 heteroatoms. The summed E-state index contributed by atoms with van der Waals surface area (Å²) in [6, 6.07) is 155. The molecule has 0 bridgehead atoms. The number of aromatic nitrogens is 9. The summed E-state index contributed by atoms with van der Waals surface area (Å²) < 4.78 is 2.57. The zero-order valence-corrected chi connectivity index (χ0v) is 91.2. The van der Waals surface area contributed by atoms with Crippen molar-refractivity contribution < 1.29 is 91.3 Å². The Labute approximate surface area is 913 Å². The van der Waals surface area contributed by atoms with Crippen molar-refractivity contribution in [3.8, 4) is 130 Å². The van der Waals surface area contributed by atoms with E-state index >= 15 is 0 Å². The molecule has 15 aromatic carbocycles. The maximum atomic E-state index is 10.0. The molecule has 0 saturated carbocycles. The van der Waals surface area contributed by atoms with Gasteiger partial charge in [-0.25, -0.2) is 26.1 Å². The van der Waals surface area contributed by atoms with E-state index in [0.29, 0.717) is 17.5 Å². The Kier molecular flexibility index (Phi) is 32.3. The largest absolute Gasteiger partial charge is 2.00 e. The average molecular weight is 2620 g/mol. The van der Waals surface area contributed by atoms with Crippen LogP contribution >= 0.6 is 0 Å². The maximum Gasteiger partial charge on any atom is 2.00 e. The normalized spacial score (nSPS) is 12.8. The summed E-state index contributed by atoms with van der Waals surface area (Å²) >= 11 is 0. The minimum Gasteiger partial charge on any atom is -0.512 e. The molecule has 22 aromatic rings. The second kappa shape index (κ2) is 46.0. The Morgan fingerprint density at radius 2 is 0.864 bits per heavy atom.